The molecule has 114 valence electrons. The van der Waals surface area contributed by atoms with Gasteiger partial charge in [-0.05, 0) is 33.1 Å². The molecule has 1 saturated heterocycles. The molecule has 0 saturated carbocycles. The maximum atomic E-state index is 12.0. The molecule has 1 rings (SSSR count). The maximum Gasteiger partial charge on any atom is 0.350 e. The van der Waals surface area contributed by atoms with Crippen molar-refractivity contribution in [1.82, 2.24) is 0 Å². The molecule has 2 unspecified atom stereocenters. The van der Waals surface area contributed by atoms with E-state index in [0.717, 1.165) is 0 Å². The molecule has 1 fully saturated rings. The average molecular weight is 286 g/mol. The van der Waals surface area contributed by atoms with E-state index in [4.69, 9.17) is 14.2 Å². The van der Waals surface area contributed by atoms with E-state index in [2.05, 4.69) is 0 Å². The molecule has 0 aliphatic carbocycles. The van der Waals surface area contributed by atoms with Crippen LogP contribution in [0.15, 0.2) is 0 Å². The normalized spacial score (nSPS) is 20.8. The first kappa shape index (κ1) is 16.5. The molecule has 2 atom stereocenters. The second-order valence-corrected chi connectivity index (χ2v) is 5.44. The molecule has 0 spiro atoms. The molecule has 0 aromatic heterocycles. The van der Waals surface area contributed by atoms with Gasteiger partial charge in [0.1, 0.15) is 0 Å². The predicted octanol–water partition coefficient (Wildman–Crippen LogP) is 1.60. The molecule has 0 aromatic carbocycles. The number of carbonyl (C=O) groups is 3. The highest BCUT2D eigenvalue weighted by Crippen LogP contribution is 2.19. The third-order valence-electron chi connectivity index (χ3n) is 3.23. The smallest absolute Gasteiger partial charge is 0.350 e. The van der Waals surface area contributed by atoms with Crippen molar-refractivity contribution in [1.29, 1.82) is 0 Å². The van der Waals surface area contributed by atoms with Gasteiger partial charge in [0.05, 0.1) is 12.5 Å². The van der Waals surface area contributed by atoms with Crippen LogP contribution in [0.4, 0.5) is 0 Å². The lowest BCUT2D eigenvalue weighted by atomic mass is 10.1. The van der Waals surface area contributed by atoms with Gasteiger partial charge in [-0.15, -0.1) is 0 Å². The molecule has 1 aliphatic heterocycles. The minimum absolute atomic E-state index is 0.290. The molecular formula is C14H22O6. The monoisotopic (exact) mass is 286 g/mol. The second-order valence-electron chi connectivity index (χ2n) is 5.44. The van der Waals surface area contributed by atoms with Crippen molar-refractivity contribution in [2.24, 2.45) is 5.92 Å². The van der Waals surface area contributed by atoms with Crippen LogP contribution in [0.5, 0.6) is 0 Å². The Morgan fingerprint density at radius 3 is 2.65 bits per heavy atom. The summed E-state index contributed by atoms with van der Waals surface area (Å²) in [4.78, 5) is 35.2. The Morgan fingerprint density at radius 2 is 2.10 bits per heavy atom. The Bertz CT molecular complexity index is 387. The zero-order valence-corrected chi connectivity index (χ0v) is 12.4. The van der Waals surface area contributed by atoms with E-state index in [-0.39, 0.29) is 5.92 Å². The third-order valence-corrected chi connectivity index (χ3v) is 3.23. The van der Waals surface area contributed by atoms with Gasteiger partial charge >= 0.3 is 17.9 Å². The van der Waals surface area contributed by atoms with Crippen molar-refractivity contribution < 1.29 is 28.6 Å². The summed E-state index contributed by atoms with van der Waals surface area (Å²) in [5.41, 5.74) is -1.42. The van der Waals surface area contributed by atoms with E-state index in [1.54, 1.807) is 6.92 Å². The summed E-state index contributed by atoms with van der Waals surface area (Å²) in [6.45, 7) is 6.82. The van der Waals surface area contributed by atoms with E-state index in [9.17, 15) is 14.4 Å². The Hall–Kier alpha value is -1.59. The number of ether oxygens (including phenoxy) is 3. The Labute approximate surface area is 118 Å². The highest BCUT2D eigenvalue weighted by atomic mass is 16.6. The fraction of sp³-hybridized carbons (Fsp3) is 0.786. The number of hydrogen-bond donors (Lipinski definition) is 0. The fourth-order valence-electron chi connectivity index (χ4n) is 1.59. The first-order valence-corrected chi connectivity index (χ1v) is 6.88. The molecule has 0 radical (unpaired) electrons. The van der Waals surface area contributed by atoms with Crippen LogP contribution in [0.25, 0.3) is 0 Å². The lowest BCUT2D eigenvalue weighted by Crippen LogP contribution is -2.44. The van der Waals surface area contributed by atoms with Crippen molar-refractivity contribution >= 4 is 17.9 Å². The van der Waals surface area contributed by atoms with E-state index in [1.807, 2.05) is 6.92 Å². The zero-order chi connectivity index (χ0) is 15.3. The van der Waals surface area contributed by atoms with Crippen LogP contribution in [-0.2, 0) is 28.6 Å². The van der Waals surface area contributed by atoms with E-state index >= 15 is 0 Å². The van der Waals surface area contributed by atoms with Gasteiger partial charge < -0.3 is 14.2 Å². The van der Waals surface area contributed by atoms with Crippen LogP contribution in [0.1, 0.15) is 47.0 Å². The van der Waals surface area contributed by atoms with E-state index in [1.165, 1.54) is 13.8 Å². The molecule has 20 heavy (non-hydrogen) atoms. The Balaban J connectivity index is 2.60. The molecule has 0 aromatic rings. The van der Waals surface area contributed by atoms with Gasteiger partial charge in [0, 0.05) is 0 Å². The van der Waals surface area contributed by atoms with Gasteiger partial charge in [-0.25, -0.2) is 9.59 Å². The number of hydrogen-bond acceptors (Lipinski definition) is 6. The minimum atomic E-state index is -1.42. The molecule has 6 heteroatoms. The van der Waals surface area contributed by atoms with Crippen LogP contribution in [0, 0.1) is 5.92 Å². The lowest BCUT2D eigenvalue weighted by molar-refractivity contribution is -0.191. The zero-order valence-electron chi connectivity index (χ0n) is 12.4. The number of rotatable bonds is 5. The molecule has 1 heterocycles. The van der Waals surface area contributed by atoms with Gasteiger partial charge in [0.15, 0.2) is 6.10 Å². The highest BCUT2D eigenvalue weighted by molar-refractivity contribution is 5.86. The quantitative estimate of drug-likeness (QED) is 0.564. The summed E-state index contributed by atoms with van der Waals surface area (Å²) >= 11 is 0. The molecule has 0 N–H and O–H groups in total. The molecule has 6 nitrogen and oxygen atoms in total. The molecule has 0 bridgehead atoms. The number of cyclic esters (lactones) is 1. The summed E-state index contributed by atoms with van der Waals surface area (Å²) in [6.07, 6.45) is 0.799. The van der Waals surface area contributed by atoms with Gasteiger partial charge in [0.25, 0.3) is 0 Å². The molecule has 0 amide bonds. The van der Waals surface area contributed by atoms with Crippen molar-refractivity contribution in [3.63, 3.8) is 0 Å². The second kappa shape index (κ2) is 6.72. The van der Waals surface area contributed by atoms with Gasteiger partial charge in [-0.2, -0.15) is 0 Å². The van der Waals surface area contributed by atoms with Gasteiger partial charge in [-0.3, -0.25) is 4.79 Å². The molecular weight excluding hydrogens is 264 g/mol. The Morgan fingerprint density at radius 1 is 1.45 bits per heavy atom. The standard InChI is InChI=1S/C14H22O6/c1-5-9(2)11(15)20-14(3,4)13(17)19-10-7-6-8-18-12(10)16/h9-10H,5-8H2,1-4H3. The summed E-state index contributed by atoms with van der Waals surface area (Å²) in [5.74, 6) is -2.03. The summed E-state index contributed by atoms with van der Waals surface area (Å²) < 4.78 is 15.1. The number of carbonyl (C=O) groups excluding carboxylic acids is 3. The summed E-state index contributed by atoms with van der Waals surface area (Å²) in [5, 5.41) is 0. The van der Waals surface area contributed by atoms with Gasteiger partial charge in [0.2, 0.25) is 5.60 Å². The van der Waals surface area contributed by atoms with Crippen LogP contribution in [0.2, 0.25) is 0 Å². The summed E-state index contributed by atoms with van der Waals surface area (Å²) in [6, 6.07) is 0. The van der Waals surface area contributed by atoms with Crippen molar-refractivity contribution in [3.05, 3.63) is 0 Å². The minimum Gasteiger partial charge on any atom is -0.463 e. The number of esters is 3. The van der Waals surface area contributed by atoms with Gasteiger partial charge in [-0.1, -0.05) is 13.8 Å². The SMILES string of the molecule is CCC(C)C(=O)OC(C)(C)C(=O)OC1CCCOC1=O. The topological polar surface area (TPSA) is 78.9 Å². The first-order valence-electron chi connectivity index (χ1n) is 6.88. The Kier molecular flexibility index (Phi) is 5.53. The fourth-order valence-corrected chi connectivity index (χ4v) is 1.59. The summed E-state index contributed by atoms with van der Waals surface area (Å²) in [7, 11) is 0. The predicted molar refractivity (Wildman–Crippen MR) is 69.7 cm³/mol. The lowest BCUT2D eigenvalue weighted by Gasteiger charge is -2.28. The largest absolute Gasteiger partial charge is 0.463 e. The average Bonchev–Trinajstić information content (AvgIpc) is 2.39. The highest BCUT2D eigenvalue weighted by Gasteiger charge is 2.38. The van der Waals surface area contributed by atoms with E-state index in [0.29, 0.717) is 25.9 Å². The van der Waals surface area contributed by atoms with Crippen LogP contribution < -0.4 is 0 Å². The first-order chi connectivity index (χ1) is 9.27. The van der Waals surface area contributed by atoms with Crippen molar-refractivity contribution in [2.45, 2.75) is 58.7 Å². The van der Waals surface area contributed by atoms with Crippen LogP contribution in [-0.4, -0.2) is 36.2 Å². The van der Waals surface area contributed by atoms with Crippen LogP contribution in [0.3, 0.4) is 0 Å². The van der Waals surface area contributed by atoms with Crippen molar-refractivity contribution in [3.8, 4) is 0 Å². The van der Waals surface area contributed by atoms with Crippen LogP contribution >= 0.6 is 0 Å². The molecule has 1 aliphatic rings. The third kappa shape index (κ3) is 4.21. The van der Waals surface area contributed by atoms with E-state index < -0.39 is 29.6 Å². The van der Waals surface area contributed by atoms with Crippen molar-refractivity contribution in [2.75, 3.05) is 6.61 Å². The maximum absolute atomic E-state index is 12.0.